The molecular formula is C15H33NO6. The first-order chi connectivity index (χ1) is 10.8. The second-order valence-electron chi connectivity index (χ2n) is 4.77. The summed E-state index contributed by atoms with van der Waals surface area (Å²) in [5, 5.41) is 0. The fourth-order valence-corrected chi connectivity index (χ4v) is 1.67. The van der Waals surface area contributed by atoms with Gasteiger partial charge in [0.15, 0.2) is 0 Å². The summed E-state index contributed by atoms with van der Waals surface area (Å²) in [6.07, 6.45) is 0.814. The molecule has 2 unspecified atom stereocenters. The highest BCUT2D eigenvalue weighted by atomic mass is 16.6. The maximum atomic E-state index is 5.82. The summed E-state index contributed by atoms with van der Waals surface area (Å²) >= 11 is 0. The van der Waals surface area contributed by atoms with Crippen molar-refractivity contribution in [2.24, 2.45) is 5.73 Å². The zero-order valence-corrected chi connectivity index (χ0v) is 14.3. The molecule has 7 nitrogen and oxygen atoms in total. The molecule has 0 heterocycles. The van der Waals surface area contributed by atoms with Crippen LogP contribution in [0.4, 0.5) is 0 Å². The van der Waals surface area contributed by atoms with Crippen LogP contribution in [0.3, 0.4) is 0 Å². The Hall–Kier alpha value is -0.280. The van der Waals surface area contributed by atoms with Gasteiger partial charge in [-0.05, 0) is 6.42 Å². The minimum Gasteiger partial charge on any atom is -0.382 e. The quantitative estimate of drug-likeness (QED) is 0.389. The Morgan fingerprint density at radius 1 is 0.727 bits per heavy atom. The molecule has 0 saturated heterocycles. The number of methoxy groups -OCH3 is 2. The average molecular weight is 323 g/mol. The minimum absolute atomic E-state index is 0.0288. The van der Waals surface area contributed by atoms with Crippen molar-refractivity contribution < 1.29 is 28.4 Å². The van der Waals surface area contributed by atoms with E-state index in [0.717, 1.165) is 6.42 Å². The third-order valence-electron chi connectivity index (χ3n) is 2.94. The molecule has 0 fully saturated rings. The van der Waals surface area contributed by atoms with Crippen molar-refractivity contribution >= 4 is 0 Å². The van der Waals surface area contributed by atoms with E-state index < -0.39 is 0 Å². The van der Waals surface area contributed by atoms with Gasteiger partial charge >= 0.3 is 0 Å². The summed E-state index contributed by atoms with van der Waals surface area (Å²) in [5.41, 5.74) is 5.63. The average Bonchev–Trinajstić information content (AvgIpc) is 2.54. The van der Waals surface area contributed by atoms with Crippen molar-refractivity contribution in [1.29, 1.82) is 0 Å². The van der Waals surface area contributed by atoms with Gasteiger partial charge < -0.3 is 34.2 Å². The Morgan fingerprint density at radius 2 is 1.32 bits per heavy atom. The zero-order chi connectivity index (χ0) is 16.5. The molecule has 0 spiro atoms. The molecule has 0 aromatic rings. The third-order valence-corrected chi connectivity index (χ3v) is 2.94. The number of nitrogens with two attached hydrogens (primary N) is 1. The van der Waals surface area contributed by atoms with E-state index in [2.05, 4.69) is 6.92 Å². The standard InChI is InChI=1S/C15H33NO6/c1-4-14(22-15(11-16)12-18-3)13-21-10-9-20-8-7-19-6-5-17-2/h14-15H,4-13,16H2,1-3H3. The molecule has 7 heteroatoms. The van der Waals surface area contributed by atoms with Crippen molar-refractivity contribution in [3.63, 3.8) is 0 Å². The van der Waals surface area contributed by atoms with Crippen LogP contribution in [0, 0.1) is 0 Å². The molecule has 0 aliphatic carbocycles. The molecule has 0 rings (SSSR count). The lowest BCUT2D eigenvalue weighted by Crippen LogP contribution is -2.34. The summed E-state index contributed by atoms with van der Waals surface area (Å²) in [4.78, 5) is 0. The van der Waals surface area contributed by atoms with E-state index in [1.54, 1.807) is 14.2 Å². The van der Waals surface area contributed by atoms with Gasteiger partial charge in [0, 0.05) is 20.8 Å². The van der Waals surface area contributed by atoms with Crippen LogP contribution in [-0.2, 0) is 28.4 Å². The van der Waals surface area contributed by atoms with Crippen LogP contribution in [0.5, 0.6) is 0 Å². The summed E-state index contributed by atoms with van der Waals surface area (Å²) in [6, 6.07) is 0. The van der Waals surface area contributed by atoms with Crippen LogP contribution in [0.2, 0.25) is 0 Å². The molecule has 22 heavy (non-hydrogen) atoms. The first-order valence-corrected chi connectivity index (χ1v) is 7.85. The van der Waals surface area contributed by atoms with Crippen LogP contribution in [0.25, 0.3) is 0 Å². The Labute approximate surface area is 134 Å². The summed E-state index contributed by atoms with van der Waals surface area (Å²) in [6.45, 7) is 6.94. The minimum atomic E-state index is -0.0842. The van der Waals surface area contributed by atoms with Gasteiger partial charge in [0.1, 0.15) is 0 Å². The lowest BCUT2D eigenvalue weighted by atomic mass is 10.3. The van der Waals surface area contributed by atoms with Crippen molar-refractivity contribution in [2.75, 3.05) is 73.6 Å². The number of rotatable bonds is 17. The first kappa shape index (κ1) is 21.7. The highest BCUT2D eigenvalue weighted by molar-refractivity contribution is 4.62. The molecule has 0 amide bonds. The predicted molar refractivity (Wildman–Crippen MR) is 84.2 cm³/mol. The summed E-state index contributed by atoms with van der Waals surface area (Å²) < 4.78 is 32.0. The van der Waals surface area contributed by atoms with Crippen molar-refractivity contribution in [2.45, 2.75) is 25.6 Å². The highest BCUT2D eigenvalue weighted by Crippen LogP contribution is 2.04. The number of hydrogen-bond donors (Lipinski definition) is 1. The Bertz CT molecular complexity index is 220. The van der Waals surface area contributed by atoms with Gasteiger partial charge in [-0.15, -0.1) is 0 Å². The Kier molecular flexibility index (Phi) is 16.9. The first-order valence-electron chi connectivity index (χ1n) is 7.85. The van der Waals surface area contributed by atoms with Crippen LogP contribution in [0.15, 0.2) is 0 Å². The fourth-order valence-electron chi connectivity index (χ4n) is 1.67. The van der Waals surface area contributed by atoms with Gasteiger partial charge in [-0.1, -0.05) is 6.92 Å². The van der Waals surface area contributed by atoms with Crippen molar-refractivity contribution in [3.05, 3.63) is 0 Å². The van der Waals surface area contributed by atoms with Gasteiger partial charge in [0.25, 0.3) is 0 Å². The molecule has 0 bridgehead atoms. The fraction of sp³-hybridized carbons (Fsp3) is 1.00. The van der Waals surface area contributed by atoms with Crippen LogP contribution in [-0.4, -0.2) is 85.8 Å². The van der Waals surface area contributed by atoms with Gasteiger partial charge in [-0.2, -0.15) is 0 Å². The smallest absolute Gasteiger partial charge is 0.0935 e. The molecule has 0 radical (unpaired) electrons. The molecule has 0 aliphatic heterocycles. The number of hydrogen-bond acceptors (Lipinski definition) is 7. The van der Waals surface area contributed by atoms with Gasteiger partial charge in [-0.25, -0.2) is 0 Å². The van der Waals surface area contributed by atoms with E-state index in [4.69, 9.17) is 34.2 Å². The maximum Gasteiger partial charge on any atom is 0.0935 e. The molecule has 0 aromatic heterocycles. The van der Waals surface area contributed by atoms with Gasteiger partial charge in [0.2, 0.25) is 0 Å². The third kappa shape index (κ3) is 13.4. The Morgan fingerprint density at radius 3 is 1.82 bits per heavy atom. The largest absolute Gasteiger partial charge is 0.382 e. The molecule has 0 saturated carbocycles. The van der Waals surface area contributed by atoms with E-state index in [-0.39, 0.29) is 12.2 Å². The Balaban J connectivity index is 3.46. The number of ether oxygens (including phenoxy) is 6. The molecule has 2 N–H and O–H groups in total. The highest BCUT2D eigenvalue weighted by Gasteiger charge is 2.14. The van der Waals surface area contributed by atoms with Gasteiger partial charge in [0.05, 0.1) is 65.1 Å². The maximum absolute atomic E-state index is 5.82. The SMILES string of the molecule is CCC(COCCOCCOCCOC)OC(CN)COC. The van der Waals surface area contributed by atoms with Crippen molar-refractivity contribution in [1.82, 2.24) is 0 Å². The lowest BCUT2D eigenvalue weighted by molar-refractivity contribution is -0.0827. The normalized spacial score (nSPS) is 14.2. The monoisotopic (exact) mass is 323 g/mol. The van der Waals surface area contributed by atoms with E-state index in [0.29, 0.717) is 59.4 Å². The predicted octanol–water partition coefficient (Wildman–Crippen LogP) is 0.452. The lowest BCUT2D eigenvalue weighted by Gasteiger charge is -2.22. The zero-order valence-electron chi connectivity index (χ0n) is 14.3. The van der Waals surface area contributed by atoms with E-state index in [1.165, 1.54) is 0 Å². The van der Waals surface area contributed by atoms with E-state index in [1.807, 2.05) is 0 Å². The van der Waals surface area contributed by atoms with E-state index >= 15 is 0 Å². The van der Waals surface area contributed by atoms with Gasteiger partial charge in [-0.3, -0.25) is 0 Å². The van der Waals surface area contributed by atoms with Crippen molar-refractivity contribution in [3.8, 4) is 0 Å². The second-order valence-corrected chi connectivity index (χ2v) is 4.77. The topological polar surface area (TPSA) is 81.4 Å². The molecule has 134 valence electrons. The van der Waals surface area contributed by atoms with Crippen LogP contribution >= 0.6 is 0 Å². The molecular weight excluding hydrogens is 290 g/mol. The van der Waals surface area contributed by atoms with E-state index in [9.17, 15) is 0 Å². The summed E-state index contributed by atoms with van der Waals surface area (Å²) in [7, 11) is 3.29. The molecule has 0 aromatic carbocycles. The van der Waals surface area contributed by atoms with Crippen LogP contribution < -0.4 is 5.73 Å². The summed E-state index contributed by atoms with van der Waals surface area (Å²) in [5.74, 6) is 0. The van der Waals surface area contributed by atoms with Crippen LogP contribution in [0.1, 0.15) is 13.3 Å². The second kappa shape index (κ2) is 17.1. The molecule has 0 aliphatic rings. The molecule has 2 atom stereocenters.